The SMILES string of the molecule is C=C(NC(C)(C)C)c1cc(-c2c(C)c(C(=O)NC3CC(OC=O)C3)c(C)n2CC2CCCCC2)cc(C2(C)CC2)c1. The molecule has 1 aromatic carbocycles. The van der Waals surface area contributed by atoms with Crippen LogP contribution in [0.4, 0.5) is 0 Å². The highest BCUT2D eigenvalue weighted by Crippen LogP contribution is 2.49. The van der Waals surface area contributed by atoms with Gasteiger partial charge in [-0.15, -0.1) is 0 Å². The van der Waals surface area contributed by atoms with Crippen LogP contribution in [0.25, 0.3) is 17.0 Å². The molecule has 1 aromatic heterocycles. The van der Waals surface area contributed by atoms with E-state index in [0.29, 0.717) is 25.2 Å². The normalized spacial score (nSPS) is 22.0. The molecule has 2 aromatic rings. The second-order valence-corrected chi connectivity index (χ2v) is 14.3. The lowest BCUT2D eigenvalue weighted by Crippen LogP contribution is -2.47. The molecular weight excluding hydrogens is 510 g/mol. The minimum Gasteiger partial charge on any atom is -0.464 e. The number of hydrogen-bond acceptors (Lipinski definition) is 4. The van der Waals surface area contributed by atoms with Gasteiger partial charge in [0, 0.05) is 42.4 Å². The van der Waals surface area contributed by atoms with Crippen LogP contribution in [0.1, 0.15) is 118 Å². The Labute approximate surface area is 246 Å². The molecule has 0 saturated heterocycles. The van der Waals surface area contributed by atoms with Crippen molar-refractivity contribution < 1.29 is 14.3 Å². The Bertz CT molecular complexity index is 1320. The summed E-state index contributed by atoms with van der Waals surface area (Å²) < 4.78 is 7.51. The van der Waals surface area contributed by atoms with Crippen molar-refractivity contribution in [3.8, 4) is 11.3 Å². The van der Waals surface area contributed by atoms with Gasteiger partial charge in [0.1, 0.15) is 6.10 Å². The molecule has 1 heterocycles. The maximum absolute atomic E-state index is 13.8. The Morgan fingerprint density at radius 2 is 1.80 bits per heavy atom. The van der Waals surface area contributed by atoms with E-state index in [1.165, 1.54) is 56.1 Å². The number of hydrogen-bond donors (Lipinski definition) is 2. The summed E-state index contributed by atoms with van der Waals surface area (Å²) in [5.41, 5.74) is 8.69. The zero-order valence-corrected chi connectivity index (χ0v) is 26.0. The summed E-state index contributed by atoms with van der Waals surface area (Å²) in [6.07, 6.45) is 10.0. The van der Waals surface area contributed by atoms with Gasteiger partial charge in [-0.3, -0.25) is 9.59 Å². The summed E-state index contributed by atoms with van der Waals surface area (Å²) in [5, 5.41) is 6.82. The standard InChI is InChI=1S/C35H49N3O3/c1-22-31(33(40)36-29-18-30(19-29)41-21-39)24(3)38(20-25-11-9-8-10-12-25)32(22)27-15-26(23(2)37-34(4,5)6)16-28(17-27)35(7)13-14-35/h15-17,21,25,29-30,37H,2,8-14,18-20H2,1,3-7H3,(H,36,40). The molecule has 0 spiro atoms. The summed E-state index contributed by atoms with van der Waals surface area (Å²) in [7, 11) is 0. The van der Waals surface area contributed by atoms with Gasteiger partial charge >= 0.3 is 0 Å². The van der Waals surface area contributed by atoms with E-state index in [9.17, 15) is 9.59 Å². The number of ether oxygens (including phenoxy) is 1. The molecule has 6 nitrogen and oxygen atoms in total. The first-order valence-corrected chi connectivity index (χ1v) is 15.6. The fraction of sp³-hybridized carbons (Fsp3) is 0.600. The second kappa shape index (κ2) is 11.3. The minimum absolute atomic E-state index is 0.0254. The van der Waals surface area contributed by atoms with Crippen LogP contribution in [0.3, 0.4) is 0 Å². The monoisotopic (exact) mass is 559 g/mol. The largest absolute Gasteiger partial charge is 0.464 e. The highest BCUT2D eigenvalue weighted by Gasteiger charge is 2.40. The maximum atomic E-state index is 13.8. The van der Waals surface area contributed by atoms with E-state index in [-0.39, 0.29) is 29.0 Å². The van der Waals surface area contributed by atoms with Crippen molar-refractivity contribution in [1.29, 1.82) is 0 Å². The minimum atomic E-state index is -0.0915. The lowest BCUT2D eigenvalue weighted by molar-refractivity contribution is -0.138. The summed E-state index contributed by atoms with van der Waals surface area (Å²) in [4.78, 5) is 24.4. The van der Waals surface area contributed by atoms with Crippen molar-refractivity contribution in [3.63, 3.8) is 0 Å². The molecule has 0 aliphatic heterocycles. The number of nitrogens with zero attached hydrogens (tertiary/aromatic N) is 1. The van der Waals surface area contributed by atoms with Crippen molar-refractivity contribution in [2.24, 2.45) is 5.92 Å². The van der Waals surface area contributed by atoms with E-state index in [2.05, 4.69) is 81.5 Å². The molecule has 2 N–H and O–H groups in total. The quantitative estimate of drug-likeness (QED) is 0.302. The number of benzene rings is 1. The molecule has 0 radical (unpaired) electrons. The van der Waals surface area contributed by atoms with E-state index < -0.39 is 0 Å². The number of nitrogens with one attached hydrogen (secondary N) is 2. The second-order valence-electron chi connectivity index (χ2n) is 14.3. The van der Waals surface area contributed by atoms with Gasteiger partial charge < -0.3 is 19.9 Å². The summed E-state index contributed by atoms with van der Waals surface area (Å²) in [6.45, 7) is 18.9. The van der Waals surface area contributed by atoms with Crippen molar-refractivity contribution >= 4 is 18.1 Å². The lowest BCUT2D eigenvalue weighted by atomic mass is 9.88. The van der Waals surface area contributed by atoms with Crippen molar-refractivity contribution in [3.05, 3.63) is 52.7 Å². The topological polar surface area (TPSA) is 72.4 Å². The molecule has 41 heavy (non-hydrogen) atoms. The third-order valence-corrected chi connectivity index (χ3v) is 9.62. The Kier molecular flexibility index (Phi) is 8.15. The molecular formula is C35H49N3O3. The van der Waals surface area contributed by atoms with Gasteiger partial charge in [0.15, 0.2) is 0 Å². The Hall–Kier alpha value is -3.02. The average molecular weight is 560 g/mol. The number of aromatic nitrogens is 1. The Balaban J connectivity index is 1.56. The summed E-state index contributed by atoms with van der Waals surface area (Å²) in [6, 6.07) is 6.99. The number of amides is 1. The third-order valence-electron chi connectivity index (χ3n) is 9.62. The molecule has 0 unspecified atom stereocenters. The number of rotatable bonds is 10. The van der Waals surface area contributed by atoms with Crippen LogP contribution >= 0.6 is 0 Å². The molecule has 222 valence electrons. The lowest BCUT2D eigenvalue weighted by Gasteiger charge is -2.34. The fourth-order valence-corrected chi connectivity index (χ4v) is 6.88. The number of carbonyl (C=O) groups excluding carboxylic acids is 2. The number of carbonyl (C=O) groups is 2. The van der Waals surface area contributed by atoms with E-state index in [0.717, 1.165) is 40.3 Å². The van der Waals surface area contributed by atoms with Crippen LogP contribution in [0.5, 0.6) is 0 Å². The Morgan fingerprint density at radius 1 is 1.12 bits per heavy atom. The highest BCUT2D eigenvalue weighted by atomic mass is 16.5. The van der Waals surface area contributed by atoms with Crippen LogP contribution < -0.4 is 10.6 Å². The van der Waals surface area contributed by atoms with Crippen molar-refractivity contribution in [2.45, 2.75) is 129 Å². The van der Waals surface area contributed by atoms with Crippen LogP contribution in [0.15, 0.2) is 24.8 Å². The van der Waals surface area contributed by atoms with Crippen molar-refractivity contribution in [1.82, 2.24) is 15.2 Å². The van der Waals surface area contributed by atoms with Crippen LogP contribution in [0, 0.1) is 19.8 Å². The fourth-order valence-electron chi connectivity index (χ4n) is 6.88. The molecule has 3 saturated carbocycles. The van der Waals surface area contributed by atoms with E-state index in [1.807, 2.05) is 0 Å². The van der Waals surface area contributed by atoms with E-state index in [4.69, 9.17) is 4.74 Å². The highest BCUT2D eigenvalue weighted by molar-refractivity contribution is 5.99. The third kappa shape index (κ3) is 6.42. The Morgan fingerprint density at radius 3 is 2.41 bits per heavy atom. The maximum Gasteiger partial charge on any atom is 0.293 e. The molecule has 0 atom stereocenters. The van der Waals surface area contributed by atoms with Gasteiger partial charge in [-0.2, -0.15) is 0 Å². The van der Waals surface area contributed by atoms with Gasteiger partial charge in [-0.1, -0.05) is 32.8 Å². The van der Waals surface area contributed by atoms with E-state index >= 15 is 0 Å². The molecule has 3 fully saturated rings. The smallest absolute Gasteiger partial charge is 0.293 e. The summed E-state index contributed by atoms with van der Waals surface area (Å²) in [5.74, 6) is 0.598. The van der Waals surface area contributed by atoms with Crippen LogP contribution in [0.2, 0.25) is 0 Å². The van der Waals surface area contributed by atoms with Gasteiger partial charge in [0.25, 0.3) is 12.4 Å². The predicted octanol–water partition coefficient (Wildman–Crippen LogP) is 7.20. The summed E-state index contributed by atoms with van der Waals surface area (Å²) >= 11 is 0. The van der Waals surface area contributed by atoms with E-state index in [1.54, 1.807) is 0 Å². The van der Waals surface area contributed by atoms with Crippen LogP contribution in [-0.4, -0.2) is 34.6 Å². The first kappa shape index (κ1) is 29.5. The van der Waals surface area contributed by atoms with Gasteiger partial charge in [-0.05, 0) is 112 Å². The molecule has 3 aliphatic carbocycles. The molecule has 6 heteroatoms. The predicted molar refractivity (Wildman–Crippen MR) is 166 cm³/mol. The zero-order chi connectivity index (χ0) is 29.5. The van der Waals surface area contributed by atoms with Crippen molar-refractivity contribution in [2.75, 3.05) is 0 Å². The first-order chi connectivity index (χ1) is 19.4. The molecule has 3 aliphatic rings. The molecule has 5 rings (SSSR count). The van der Waals surface area contributed by atoms with Gasteiger partial charge in [0.2, 0.25) is 0 Å². The molecule has 0 bridgehead atoms. The van der Waals surface area contributed by atoms with Crippen LogP contribution in [-0.2, 0) is 21.5 Å². The average Bonchev–Trinajstić information content (AvgIpc) is 3.59. The van der Waals surface area contributed by atoms with Gasteiger partial charge in [-0.25, -0.2) is 0 Å². The zero-order valence-electron chi connectivity index (χ0n) is 26.0. The van der Waals surface area contributed by atoms with Gasteiger partial charge in [0.05, 0.1) is 11.3 Å². The molecule has 1 amide bonds. The first-order valence-electron chi connectivity index (χ1n) is 15.6.